The molecule has 4 heteroatoms. The number of ether oxygens (including phenoxy) is 2. The fourth-order valence-electron chi connectivity index (χ4n) is 2.17. The smallest absolute Gasteiger partial charge is 0.231 e. The largest absolute Gasteiger partial charge is 0.494 e. The summed E-state index contributed by atoms with van der Waals surface area (Å²) in [6, 6.07) is 13.0. The summed E-state index contributed by atoms with van der Waals surface area (Å²) in [6.45, 7) is 2.49. The molecule has 0 radical (unpaired) electrons. The zero-order valence-electron chi connectivity index (χ0n) is 11.4. The van der Waals surface area contributed by atoms with Crippen molar-refractivity contribution >= 4 is 27.8 Å². The molecule has 1 heterocycles. The van der Waals surface area contributed by atoms with Gasteiger partial charge in [-0.2, -0.15) is 0 Å². The Kier molecular flexibility index (Phi) is 3.80. The molecule has 106 valence electrons. The molecule has 2 aromatic carbocycles. The minimum absolute atomic E-state index is 0.104. The third kappa shape index (κ3) is 2.85. The molecule has 3 rings (SSSR count). The Balaban J connectivity index is 1.92. The van der Waals surface area contributed by atoms with Crippen LogP contribution in [0.4, 0.5) is 0 Å². The number of carbonyl (C=O) groups is 1. The Morgan fingerprint density at radius 2 is 2.10 bits per heavy atom. The van der Waals surface area contributed by atoms with Crippen molar-refractivity contribution in [2.75, 3.05) is 6.61 Å². The van der Waals surface area contributed by atoms with Crippen molar-refractivity contribution in [2.45, 2.75) is 6.92 Å². The number of halogens is 1. The number of Topliss-reactive ketones (excluding diaryl/α,β-unsaturated/α-hetero) is 1. The van der Waals surface area contributed by atoms with Crippen molar-refractivity contribution in [3.8, 4) is 11.5 Å². The molecule has 0 spiro atoms. The first-order valence-electron chi connectivity index (χ1n) is 6.64. The summed E-state index contributed by atoms with van der Waals surface area (Å²) in [4.78, 5) is 12.3. The van der Waals surface area contributed by atoms with E-state index in [-0.39, 0.29) is 5.78 Å². The molecule has 0 bridgehead atoms. The Morgan fingerprint density at radius 1 is 1.24 bits per heavy atom. The predicted octanol–water partition coefficient (Wildman–Crippen LogP) is 4.46. The summed E-state index contributed by atoms with van der Waals surface area (Å²) >= 11 is 3.41. The summed E-state index contributed by atoms with van der Waals surface area (Å²) in [5.41, 5.74) is 1.48. The number of allylic oxidation sites excluding steroid dienone is 1. The van der Waals surface area contributed by atoms with E-state index >= 15 is 0 Å². The highest BCUT2D eigenvalue weighted by Crippen LogP contribution is 2.35. The topological polar surface area (TPSA) is 35.5 Å². The zero-order valence-corrected chi connectivity index (χ0v) is 13.0. The molecule has 0 N–H and O–H groups in total. The van der Waals surface area contributed by atoms with Crippen molar-refractivity contribution in [1.29, 1.82) is 0 Å². The third-order valence-corrected chi connectivity index (χ3v) is 3.59. The van der Waals surface area contributed by atoms with Crippen LogP contribution >= 0.6 is 15.9 Å². The molecule has 0 amide bonds. The number of ketones is 1. The molecule has 0 fully saturated rings. The maximum absolute atomic E-state index is 12.3. The van der Waals surface area contributed by atoms with Crippen molar-refractivity contribution in [3.63, 3.8) is 0 Å². The van der Waals surface area contributed by atoms with Crippen LogP contribution in [-0.2, 0) is 0 Å². The van der Waals surface area contributed by atoms with Crippen LogP contribution in [0.5, 0.6) is 11.5 Å². The summed E-state index contributed by atoms with van der Waals surface area (Å²) in [5, 5.41) is 0. The van der Waals surface area contributed by atoms with E-state index in [1.54, 1.807) is 24.3 Å². The molecule has 3 nitrogen and oxygen atoms in total. The Morgan fingerprint density at radius 3 is 2.86 bits per heavy atom. The van der Waals surface area contributed by atoms with Gasteiger partial charge >= 0.3 is 0 Å². The van der Waals surface area contributed by atoms with Gasteiger partial charge in [-0.15, -0.1) is 0 Å². The normalized spacial score (nSPS) is 15.0. The molecule has 2 aromatic rings. The van der Waals surface area contributed by atoms with E-state index in [1.165, 1.54) is 0 Å². The molecule has 0 atom stereocenters. The minimum Gasteiger partial charge on any atom is -0.494 e. The summed E-state index contributed by atoms with van der Waals surface area (Å²) in [5.74, 6) is 1.48. The van der Waals surface area contributed by atoms with Gasteiger partial charge in [-0.3, -0.25) is 4.79 Å². The highest BCUT2D eigenvalue weighted by Gasteiger charge is 2.27. The average Bonchev–Trinajstić information content (AvgIpc) is 2.75. The lowest BCUT2D eigenvalue weighted by Gasteiger charge is -2.03. The third-order valence-electron chi connectivity index (χ3n) is 3.10. The van der Waals surface area contributed by atoms with Crippen LogP contribution in [0.3, 0.4) is 0 Å². The lowest BCUT2D eigenvalue weighted by molar-refractivity contribution is 0.101. The first-order chi connectivity index (χ1) is 10.2. The highest BCUT2D eigenvalue weighted by molar-refractivity contribution is 9.10. The van der Waals surface area contributed by atoms with Crippen molar-refractivity contribution < 1.29 is 14.3 Å². The number of benzene rings is 2. The van der Waals surface area contributed by atoms with Crippen LogP contribution in [0.1, 0.15) is 22.8 Å². The highest BCUT2D eigenvalue weighted by atomic mass is 79.9. The van der Waals surface area contributed by atoms with Gasteiger partial charge in [-0.25, -0.2) is 0 Å². The van der Waals surface area contributed by atoms with Gasteiger partial charge in [0.05, 0.1) is 12.2 Å². The van der Waals surface area contributed by atoms with E-state index in [0.29, 0.717) is 29.4 Å². The lowest BCUT2D eigenvalue weighted by Crippen LogP contribution is -1.97. The van der Waals surface area contributed by atoms with Gasteiger partial charge in [0.1, 0.15) is 11.5 Å². The van der Waals surface area contributed by atoms with Gasteiger partial charge in [0.15, 0.2) is 5.76 Å². The van der Waals surface area contributed by atoms with E-state index in [0.717, 1.165) is 10.0 Å². The molecule has 0 saturated carbocycles. The summed E-state index contributed by atoms with van der Waals surface area (Å²) < 4.78 is 12.0. The van der Waals surface area contributed by atoms with E-state index in [9.17, 15) is 4.79 Å². The molecule has 1 aliphatic rings. The number of fused-ring (bicyclic) bond motifs is 1. The summed E-state index contributed by atoms with van der Waals surface area (Å²) in [6.07, 6.45) is 1.74. The SMILES string of the molecule is CCOc1ccc2c(c1)O/C(=C/c1cccc(Br)c1)C2=O. The number of rotatable bonds is 3. The van der Waals surface area contributed by atoms with E-state index < -0.39 is 0 Å². The molecule has 21 heavy (non-hydrogen) atoms. The lowest BCUT2D eigenvalue weighted by atomic mass is 10.1. The van der Waals surface area contributed by atoms with Gasteiger partial charge in [0.2, 0.25) is 5.78 Å². The second-order valence-electron chi connectivity index (χ2n) is 4.59. The van der Waals surface area contributed by atoms with Gasteiger partial charge < -0.3 is 9.47 Å². The number of hydrogen-bond donors (Lipinski definition) is 0. The number of hydrogen-bond acceptors (Lipinski definition) is 3. The molecule has 0 aromatic heterocycles. The molecular formula is C17H13BrO3. The molecule has 0 aliphatic carbocycles. The first kappa shape index (κ1) is 13.9. The molecule has 0 saturated heterocycles. The van der Waals surface area contributed by atoms with Crippen LogP contribution in [0.25, 0.3) is 6.08 Å². The van der Waals surface area contributed by atoms with E-state index in [2.05, 4.69) is 15.9 Å². The Bertz CT molecular complexity index is 735. The van der Waals surface area contributed by atoms with Crippen LogP contribution in [0.15, 0.2) is 52.7 Å². The minimum atomic E-state index is -0.104. The second-order valence-corrected chi connectivity index (χ2v) is 5.50. The fourth-order valence-corrected chi connectivity index (χ4v) is 2.59. The zero-order chi connectivity index (χ0) is 14.8. The first-order valence-corrected chi connectivity index (χ1v) is 7.43. The molecule has 1 aliphatic heterocycles. The maximum atomic E-state index is 12.3. The summed E-state index contributed by atoms with van der Waals surface area (Å²) in [7, 11) is 0. The second kappa shape index (κ2) is 5.74. The van der Waals surface area contributed by atoms with Gasteiger partial charge in [0.25, 0.3) is 0 Å². The van der Waals surface area contributed by atoms with Crippen LogP contribution in [0, 0.1) is 0 Å². The van der Waals surface area contributed by atoms with Gasteiger partial charge in [0, 0.05) is 10.5 Å². The monoisotopic (exact) mass is 344 g/mol. The predicted molar refractivity (Wildman–Crippen MR) is 84.7 cm³/mol. The van der Waals surface area contributed by atoms with Gasteiger partial charge in [-0.05, 0) is 42.8 Å². The van der Waals surface area contributed by atoms with Crippen molar-refractivity contribution in [3.05, 3.63) is 63.8 Å². The number of carbonyl (C=O) groups excluding carboxylic acids is 1. The maximum Gasteiger partial charge on any atom is 0.231 e. The van der Waals surface area contributed by atoms with E-state index in [4.69, 9.17) is 9.47 Å². The molecular weight excluding hydrogens is 332 g/mol. The quantitative estimate of drug-likeness (QED) is 0.771. The average molecular weight is 345 g/mol. The van der Waals surface area contributed by atoms with Crippen LogP contribution < -0.4 is 9.47 Å². The van der Waals surface area contributed by atoms with Crippen LogP contribution in [0.2, 0.25) is 0 Å². The van der Waals surface area contributed by atoms with Crippen LogP contribution in [-0.4, -0.2) is 12.4 Å². The molecule has 0 unspecified atom stereocenters. The van der Waals surface area contributed by atoms with E-state index in [1.807, 2.05) is 31.2 Å². The van der Waals surface area contributed by atoms with Crippen molar-refractivity contribution in [1.82, 2.24) is 0 Å². The Hall–Kier alpha value is -2.07. The van der Waals surface area contributed by atoms with Crippen molar-refractivity contribution in [2.24, 2.45) is 0 Å². The standard InChI is InChI=1S/C17H13BrO3/c1-2-20-13-6-7-14-15(10-13)21-16(17(14)19)9-11-4-3-5-12(18)8-11/h3-10H,2H2,1H3/b16-9+. The fraction of sp³-hybridized carbons (Fsp3) is 0.118. The van der Waals surface area contributed by atoms with Gasteiger partial charge in [-0.1, -0.05) is 28.1 Å². The Labute approximate surface area is 131 Å².